The lowest BCUT2D eigenvalue weighted by molar-refractivity contribution is 0.0709. The number of nitrogen functional groups attached to an aromatic ring is 1. The number of rotatable bonds is 5. The molecule has 1 aliphatic rings. The fraction of sp³-hybridized carbons (Fsp3) is 0.269. The molecular formula is C26H29N5O3S. The highest BCUT2D eigenvalue weighted by Gasteiger charge is 2.26. The SMILES string of the molecule is CS(=O)(=O)CC1CN(C(=O)c2cncc(N)c2)CCN1.N#Cc1cccc(Cc2ccccc2)c1. The van der Waals surface area contributed by atoms with E-state index in [0.29, 0.717) is 30.9 Å². The first-order chi connectivity index (χ1) is 16.7. The standard InChI is InChI=1S/C14H11N.C12H18N4O3S/c15-11-14-8-4-7-13(10-14)9-12-5-2-1-3-6-12;1-20(18,19)8-11-7-16(3-2-15-11)12(17)9-4-10(13)6-14-5-9/h1-8,10H,9H2;4-6,11,15H,2-3,7-8,13H2,1H3. The zero-order chi connectivity index (χ0) is 25.3. The molecule has 0 saturated carbocycles. The molecule has 1 fully saturated rings. The van der Waals surface area contributed by atoms with Gasteiger partial charge in [-0.3, -0.25) is 9.78 Å². The van der Waals surface area contributed by atoms with E-state index in [1.54, 1.807) is 11.0 Å². The number of benzene rings is 2. The van der Waals surface area contributed by atoms with Crippen molar-refractivity contribution in [3.05, 3.63) is 95.3 Å². The fourth-order valence-corrected chi connectivity index (χ4v) is 4.78. The Labute approximate surface area is 206 Å². The molecule has 1 amide bonds. The summed E-state index contributed by atoms with van der Waals surface area (Å²) in [7, 11) is -3.08. The van der Waals surface area contributed by atoms with Crippen LogP contribution in [0.4, 0.5) is 5.69 Å². The van der Waals surface area contributed by atoms with Crippen molar-refractivity contribution in [2.45, 2.75) is 12.5 Å². The molecule has 0 bridgehead atoms. The lowest BCUT2D eigenvalue weighted by Gasteiger charge is -2.33. The van der Waals surface area contributed by atoms with E-state index in [2.05, 4.69) is 28.5 Å². The van der Waals surface area contributed by atoms with Crippen LogP contribution >= 0.6 is 0 Å². The number of sulfone groups is 1. The number of hydrogen-bond donors (Lipinski definition) is 2. The highest BCUT2D eigenvalue weighted by Crippen LogP contribution is 2.12. The maximum atomic E-state index is 12.3. The second kappa shape index (κ2) is 12.1. The van der Waals surface area contributed by atoms with Crippen molar-refractivity contribution in [1.82, 2.24) is 15.2 Å². The summed E-state index contributed by atoms with van der Waals surface area (Å²) < 4.78 is 22.6. The number of pyridine rings is 1. The summed E-state index contributed by atoms with van der Waals surface area (Å²) in [5.41, 5.74) is 9.64. The first-order valence-corrected chi connectivity index (χ1v) is 13.2. The quantitative estimate of drug-likeness (QED) is 0.560. The maximum absolute atomic E-state index is 12.3. The lowest BCUT2D eigenvalue weighted by atomic mass is 10.0. The molecular weight excluding hydrogens is 462 g/mol. The van der Waals surface area contributed by atoms with Gasteiger partial charge in [0.1, 0.15) is 9.84 Å². The molecule has 1 aromatic heterocycles. The van der Waals surface area contributed by atoms with Crippen LogP contribution in [-0.2, 0) is 16.3 Å². The lowest BCUT2D eigenvalue weighted by Crippen LogP contribution is -2.54. The normalized spacial score (nSPS) is 15.4. The van der Waals surface area contributed by atoms with Crippen LogP contribution in [0, 0.1) is 11.3 Å². The van der Waals surface area contributed by atoms with Gasteiger partial charge in [0.25, 0.3) is 5.91 Å². The summed E-state index contributed by atoms with van der Waals surface area (Å²) in [4.78, 5) is 17.8. The average Bonchev–Trinajstić information content (AvgIpc) is 2.84. The van der Waals surface area contributed by atoms with E-state index in [9.17, 15) is 13.2 Å². The van der Waals surface area contributed by atoms with E-state index >= 15 is 0 Å². The number of nitriles is 1. The number of nitrogens with zero attached hydrogens (tertiary/aromatic N) is 3. The summed E-state index contributed by atoms with van der Waals surface area (Å²) in [6, 6.07) is 21.5. The molecule has 35 heavy (non-hydrogen) atoms. The van der Waals surface area contributed by atoms with E-state index in [1.165, 1.54) is 29.8 Å². The Morgan fingerprint density at radius 1 is 1.14 bits per heavy atom. The minimum atomic E-state index is -3.08. The van der Waals surface area contributed by atoms with Gasteiger partial charge in [0.15, 0.2) is 0 Å². The number of carbonyl (C=O) groups is 1. The topological polar surface area (TPSA) is 129 Å². The molecule has 0 radical (unpaired) electrons. The summed E-state index contributed by atoms with van der Waals surface area (Å²) in [5, 5.41) is 11.9. The van der Waals surface area contributed by atoms with Crippen molar-refractivity contribution in [3.8, 4) is 6.07 Å². The molecule has 3 aromatic rings. The van der Waals surface area contributed by atoms with E-state index in [0.717, 1.165) is 12.0 Å². The van der Waals surface area contributed by atoms with Crippen molar-refractivity contribution >= 4 is 21.4 Å². The average molecular weight is 492 g/mol. The number of carbonyl (C=O) groups excluding carboxylic acids is 1. The summed E-state index contributed by atoms with van der Waals surface area (Å²) in [6.07, 6.45) is 5.01. The Morgan fingerprint density at radius 3 is 2.57 bits per heavy atom. The Bertz CT molecular complexity index is 1290. The van der Waals surface area contributed by atoms with Crippen molar-refractivity contribution in [3.63, 3.8) is 0 Å². The van der Waals surface area contributed by atoms with Crippen molar-refractivity contribution < 1.29 is 13.2 Å². The molecule has 1 atom stereocenters. The maximum Gasteiger partial charge on any atom is 0.255 e. The summed E-state index contributed by atoms with van der Waals surface area (Å²) in [5.74, 6) is -0.156. The zero-order valence-corrected chi connectivity index (χ0v) is 20.4. The molecule has 1 aliphatic heterocycles. The largest absolute Gasteiger partial charge is 0.397 e. The van der Waals surface area contributed by atoms with E-state index in [-0.39, 0.29) is 17.7 Å². The predicted octanol–water partition coefficient (Wildman–Crippen LogP) is 2.27. The monoisotopic (exact) mass is 491 g/mol. The van der Waals surface area contributed by atoms with Gasteiger partial charge in [0.05, 0.1) is 28.6 Å². The third-order valence-corrected chi connectivity index (χ3v) is 6.37. The minimum absolute atomic E-state index is 0.0198. The number of aromatic nitrogens is 1. The Balaban J connectivity index is 0.000000203. The first kappa shape index (κ1) is 25.9. The van der Waals surface area contributed by atoms with Gasteiger partial charge in [-0.15, -0.1) is 0 Å². The molecule has 4 rings (SSSR count). The van der Waals surface area contributed by atoms with E-state index < -0.39 is 9.84 Å². The fourth-order valence-electron chi connectivity index (χ4n) is 3.83. The molecule has 1 saturated heterocycles. The molecule has 2 heterocycles. The van der Waals surface area contributed by atoms with Gasteiger partial charge in [0.2, 0.25) is 0 Å². The predicted molar refractivity (Wildman–Crippen MR) is 136 cm³/mol. The van der Waals surface area contributed by atoms with E-state index in [1.807, 2.05) is 42.5 Å². The Kier molecular flexibility index (Phi) is 8.95. The van der Waals surface area contributed by atoms with Crippen molar-refractivity contribution in [2.75, 3.05) is 37.4 Å². The van der Waals surface area contributed by atoms with Crippen LogP contribution in [0.1, 0.15) is 27.0 Å². The second-order valence-electron chi connectivity index (χ2n) is 8.48. The summed E-state index contributed by atoms with van der Waals surface area (Å²) >= 11 is 0. The highest BCUT2D eigenvalue weighted by molar-refractivity contribution is 7.90. The van der Waals surface area contributed by atoms with Crippen LogP contribution in [0.25, 0.3) is 0 Å². The molecule has 8 nitrogen and oxygen atoms in total. The van der Waals surface area contributed by atoms with Gasteiger partial charge >= 0.3 is 0 Å². The Hall–Kier alpha value is -3.74. The van der Waals surface area contributed by atoms with Crippen LogP contribution in [0.3, 0.4) is 0 Å². The van der Waals surface area contributed by atoms with Gasteiger partial charge in [0, 0.05) is 44.3 Å². The van der Waals surface area contributed by atoms with Gasteiger partial charge in [-0.1, -0.05) is 42.5 Å². The number of piperazine rings is 1. The van der Waals surface area contributed by atoms with E-state index in [4.69, 9.17) is 11.0 Å². The first-order valence-electron chi connectivity index (χ1n) is 11.2. The third-order valence-electron chi connectivity index (χ3n) is 5.36. The molecule has 1 unspecified atom stereocenters. The number of nitrogens with one attached hydrogen (secondary N) is 1. The summed E-state index contributed by atoms with van der Waals surface area (Å²) in [6.45, 7) is 1.47. The number of amides is 1. The van der Waals surface area contributed by atoms with Crippen LogP contribution in [0.5, 0.6) is 0 Å². The van der Waals surface area contributed by atoms with Crippen LogP contribution in [0.15, 0.2) is 73.1 Å². The zero-order valence-electron chi connectivity index (χ0n) is 19.6. The van der Waals surface area contributed by atoms with Gasteiger partial charge in [-0.2, -0.15) is 5.26 Å². The Morgan fingerprint density at radius 2 is 1.89 bits per heavy atom. The highest BCUT2D eigenvalue weighted by atomic mass is 32.2. The molecule has 0 aliphatic carbocycles. The van der Waals surface area contributed by atoms with Crippen molar-refractivity contribution in [2.24, 2.45) is 0 Å². The van der Waals surface area contributed by atoms with Gasteiger partial charge < -0.3 is 16.0 Å². The van der Waals surface area contributed by atoms with Gasteiger partial charge in [-0.25, -0.2) is 8.42 Å². The number of hydrogen-bond acceptors (Lipinski definition) is 7. The molecule has 0 spiro atoms. The number of anilines is 1. The van der Waals surface area contributed by atoms with Crippen LogP contribution < -0.4 is 11.1 Å². The smallest absolute Gasteiger partial charge is 0.255 e. The molecule has 9 heteroatoms. The van der Waals surface area contributed by atoms with Gasteiger partial charge in [-0.05, 0) is 35.7 Å². The van der Waals surface area contributed by atoms with Crippen LogP contribution in [-0.4, -0.2) is 61.9 Å². The number of nitrogens with two attached hydrogens (primary N) is 1. The van der Waals surface area contributed by atoms with Crippen molar-refractivity contribution in [1.29, 1.82) is 5.26 Å². The van der Waals surface area contributed by atoms with Crippen LogP contribution in [0.2, 0.25) is 0 Å². The third kappa shape index (κ3) is 8.52. The minimum Gasteiger partial charge on any atom is -0.397 e. The second-order valence-corrected chi connectivity index (χ2v) is 10.7. The molecule has 2 aromatic carbocycles. The molecule has 182 valence electrons. The molecule has 3 N–H and O–H groups in total.